The van der Waals surface area contributed by atoms with E-state index in [1.807, 2.05) is 24.3 Å². The zero-order chi connectivity index (χ0) is 13.7. The van der Waals surface area contributed by atoms with Crippen LogP contribution in [-0.4, -0.2) is 38.0 Å². The van der Waals surface area contributed by atoms with Crippen LogP contribution in [0.2, 0.25) is 0 Å². The summed E-state index contributed by atoms with van der Waals surface area (Å²) in [6.45, 7) is 5.71. The molecule has 1 aromatic carbocycles. The molecular weight excluding hydrogens is 242 g/mol. The van der Waals surface area contributed by atoms with Gasteiger partial charge in [0.25, 0.3) is 0 Å². The summed E-state index contributed by atoms with van der Waals surface area (Å²) in [5.74, 6) is 1.65. The number of rotatable bonds is 6. The first-order valence-corrected chi connectivity index (χ1v) is 6.59. The van der Waals surface area contributed by atoms with Crippen molar-refractivity contribution >= 4 is 5.69 Å². The van der Waals surface area contributed by atoms with Crippen LogP contribution >= 0.6 is 0 Å². The molecule has 0 saturated heterocycles. The SMILES string of the molecule is C=CCCC(O)CN1CCOc2ccc(OC)cc21. The lowest BCUT2D eigenvalue weighted by Gasteiger charge is -2.33. The van der Waals surface area contributed by atoms with Gasteiger partial charge in [0.05, 0.1) is 25.4 Å². The molecule has 0 saturated carbocycles. The zero-order valence-electron chi connectivity index (χ0n) is 11.3. The number of ether oxygens (including phenoxy) is 2. The number of hydrogen-bond donors (Lipinski definition) is 1. The fourth-order valence-corrected chi connectivity index (χ4v) is 2.23. The van der Waals surface area contributed by atoms with E-state index < -0.39 is 0 Å². The molecule has 1 atom stereocenters. The van der Waals surface area contributed by atoms with E-state index in [9.17, 15) is 5.11 Å². The highest BCUT2D eigenvalue weighted by molar-refractivity contribution is 5.62. The second-order valence-corrected chi connectivity index (χ2v) is 4.65. The molecule has 1 unspecified atom stereocenters. The Labute approximate surface area is 114 Å². The summed E-state index contributed by atoms with van der Waals surface area (Å²) in [5, 5.41) is 10.0. The highest BCUT2D eigenvalue weighted by Gasteiger charge is 2.20. The van der Waals surface area contributed by atoms with Crippen LogP contribution in [0.1, 0.15) is 12.8 Å². The van der Waals surface area contributed by atoms with Gasteiger partial charge in [-0.2, -0.15) is 0 Å². The Morgan fingerprint density at radius 3 is 3.16 bits per heavy atom. The third-order valence-electron chi connectivity index (χ3n) is 3.26. The standard InChI is InChI=1S/C15H21NO3/c1-3-4-5-12(17)11-16-8-9-19-15-7-6-13(18-2)10-14(15)16/h3,6-7,10,12,17H,1,4-5,8-9,11H2,2H3. The first-order valence-electron chi connectivity index (χ1n) is 6.59. The Morgan fingerprint density at radius 2 is 2.42 bits per heavy atom. The Bertz CT molecular complexity index is 433. The quantitative estimate of drug-likeness (QED) is 0.799. The first kappa shape index (κ1) is 13.7. The number of hydrogen-bond acceptors (Lipinski definition) is 4. The maximum Gasteiger partial charge on any atom is 0.142 e. The molecule has 104 valence electrons. The van der Waals surface area contributed by atoms with Crippen molar-refractivity contribution in [2.45, 2.75) is 18.9 Å². The molecule has 0 spiro atoms. The monoisotopic (exact) mass is 263 g/mol. The van der Waals surface area contributed by atoms with Crippen molar-refractivity contribution in [1.29, 1.82) is 0 Å². The topological polar surface area (TPSA) is 41.9 Å². The number of allylic oxidation sites excluding steroid dienone is 1. The molecule has 1 heterocycles. The predicted molar refractivity (Wildman–Crippen MR) is 76.1 cm³/mol. The van der Waals surface area contributed by atoms with E-state index in [-0.39, 0.29) is 6.10 Å². The van der Waals surface area contributed by atoms with Crippen LogP contribution in [0.4, 0.5) is 5.69 Å². The number of benzene rings is 1. The number of anilines is 1. The van der Waals surface area contributed by atoms with Gasteiger partial charge in [-0.3, -0.25) is 0 Å². The predicted octanol–water partition coefficient (Wildman–Crippen LogP) is 2.22. The van der Waals surface area contributed by atoms with E-state index in [2.05, 4.69) is 11.5 Å². The summed E-state index contributed by atoms with van der Waals surface area (Å²) >= 11 is 0. The van der Waals surface area contributed by atoms with Crippen LogP contribution in [-0.2, 0) is 0 Å². The molecule has 0 aliphatic carbocycles. The van der Waals surface area contributed by atoms with Crippen molar-refractivity contribution in [2.24, 2.45) is 0 Å². The summed E-state index contributed by atoms with van der Waals surface area (Å²) in [7, 11) is 1.65. The van der Waals surface area contributed by atoms with Gasteiger partial charge in [-0.1, -0.05) is 6.08 Å². The molecule has 4 heteroatoms. The van der Waals surface area contributed by atoms with Gasteiger partial charge in [-0.05, 0) is 25.0 Å². The highest BCUT2D eigenvalue weighted by atomic mass is 16.5. The van der Waals surface area contributed by atoms with Crippen LogP contribution in [0.15, 0.2) is 30.9 Å². The summed E-state index contributed by atoms with van der Waals surface area (Å²) in [6, 6.07) is 5.75. The molecule has 0 aromatic heterocycles. The smallest absolute Gasteiger partial charge is 0.142 e. The average Bonchev–Trinajstić information content (AvgIpc) is 2.45. The molecule has 0 amide bonds. The largest absolute Gasteiger partial charge is 0.497 e. The number of methoxy groups -OCH3 is 1. The van der Waals surface area contributed by atoms with Gasteiger partial charge < -0.3 is 19.5 Å². The molecule has 1 N–H and O–H groups in total. The number of aliphatic hydroxyl groups is 1. The number of aliphatic hydroxyl groups excluding tert-OH is 1. The summed E-state index contributed by atoms with van der Waals surface area (Å²) in [6.07, 6.45) is 3.05. The van der Waals surface area contributed by atoms with Crippen molar-refractivity contribution in [3.8, 4) is 11.5 Å². The third kappa shape index (κ3) is 3.41. The summed E-state index contributed by atoms with van der Waals surface area (Å²) in [5.41, 5.74) is 0.989. The van der Waals surface area contributed by atoms with E-state index in [4.69, 9.17) is 9.47 Å². The van der Waals surface area contributed by atoms with Gasteiger partial charge in [0.1, 0.15) is 18.1 Å². The zero-order valence-corrected chi connectivity index (χ0v) is 11.3. The highest BCUT2D eigenvalue weighted by Crippen LogP contribution is 2.35. The minimum Gasteiger partial charge on any atom is -0.497 e. The number of β-amino-alcohol motifs (C(OH)–C–C–N with tert-alkyl or cyclic N) is 1. The molecule has 19 heavy (non-hydrogen) atoms. The maximum absolute atomic E-state index is 10.0. The van der Waals surface area contributed by atoms with Crippen LogP contribution < -0.4 is 14.4 Å². The average molecular weight is 263 g/mol. The van der Waals surface area contributed by atoms with Crippen molar-refractivity contribution < 1.29 is 14.6 Å². The van der Waals surface area contributed by atoms with Gasteiger partial charge in [0.15, 0.2) is 0 Å². The fraction of sp³-hybridized carbons (Fsp3) is 0.467. The van der Waals surface area contributed by atoms with Crippen molar-refractivity contribution in [3.63, 3.8) is 0 Å². The van der Waals surface area contributed by atoms with Crippen LogP contribution in [0.5, 0.6) is 11.5 Å². The Hall–Kier alpha value is -1.68. The van der Waals surface area contributed by atoms with Crippen LogP contribution in [0.3, 0.4) is 0 Å². The van der Waals surface area contributed by atoms with Crippen molar-refractivity contribution in [3.05, 3.63) is 30.9 Å². The summed E-state index contributed by atoms with van der Waals surface area (Å²) in [4.78, 5) is 2.15. The lowest BCUT2D eigenvalue weighted by Crippen LogP contribution is -2.38. The lowest BCUT2D eigenvalue weighted by molar-refractivity contribution is 0.167. The van der Waals surface area contributed by atoms with Crippen LogP contribution in [0.25, 0.3) is 0 Å². The number of nitrogens with zero attached hydrogens (tertiary/aromatic N) is 1. The summed E-state index contributed by atoms with van der Waals surface area (Å²) < 4.78 is 10.9. The van der Waals surface area contributed by atoms with Crippen LogP contribution in [0, 0.1) is 0 Å². The third-order valence-corrected chi connectivity index (χ3v) is 3.26. The Kier molecular flexibility index (Phi) is 4.68. The molecular formula is C15H21NO3. The first-order chi connectivity index (χ1) is 9.24. The Balaban J connectivity index is 2.09. The van der Waals surface area contributed by atoms with E-state index in [0.717, 1.165) is 36.6 Å². The maximum atomic E-state index is 10.0. The van der Waals surface area contributed by atoms with E-state index in [1.165, 1.54) is 0 Å². The minimum absolute atomic E-state index is 0.352. The Morgan fingerprint density at radius 1 is 1.58 bits per heavy atom. The second kappa shape index (κ2) is 6.48. The minimum atomic E-state index is -0.352. The van der Waals surface area contributed by atoms with Gasteiger partial charge in [0.2, 0.25) is 0 Å². The van der Waals surface area contributed by atoms with Crippen molar-refractivity contribution in [2.75, 3.05) is 31.7 Å². The van der Waals surface area contributed by atoms with Gasteiger partial charge in [0, 0.05) is 12.6 Å². The molecule has 1 aliphatic rings. The molecule has 2 rings (SSSR count). The fourth-order valence-electron chi connectivity index (χ4n) is 2.23. The molecule has 0 fully saturated rings. The number of fused-ring (bicyclic) bond motifs is 1. The van der Waals surface area contributed by atoms with E-state index in [0.29, 0.717) is 13.2 Å². The normalized spacial score (nSPS) is 15.4. The van der Waals surface area contributed by atoms with Gasteiger partial charge in [-0.15, -0.1) is 6.58 Å². The lowest BCUT2D eigenvalue weighted by atomic mass is 10.1. The molecule has 4 nitrogen and oxygen atoms in total. The molecule has 1 aromatic rings. The molecule has 0 bridgehead atoms. The second-order valence-electron chi connectivity index (χ2n) is 4.65. The van der Waals surface area contributed by atoms with Gasteiger partial charge in [-0.25, -0.2) is 0 Å². The molecule has 1 aliphatic heterocycles. The van der Waals surface area contributed by atoms with Crippen molar-refractivity contribution in [1.82, 2.24) is 0 Å². The van der Waals surface area contributed by atoms with Gasteiger partial charge >= 0.3 is 0 Å². The van der Waals surface area contributed by atoms with E-state index >= 15 is 0 Å². The molecule has 0 radical (unpaired) electrons. The van der Waals surface area contributed by atoms with E-state index in [1.54, 1.807) is 7.11 Å².